The summed E-state index contributed by atoms with van der Waals surface area (Å²) < 4.78 is 16.0. The molecule has 3 rings (SSSR count). The molecule has 8 heteroatoms. The number of amides is 1. The standard InChI is InChI=1S/C20H19ClN2O4S/c1-11-5-6-13(10-14(11)21)22-20-23-19(24)17(28-20)9-12-7-15(25-2)18(27-4)16(8-12)26-3/h5-10H,1-4H3,(H,22,23,24)/b17-9-. The summed E-state index contributed by atoms with van der Waals surface area (Å²) in [6.45, 7) is 1.92. The predicted molar refractivity (Wildman–Crippen MR) is 113 cm³/mol. The van der Waals surface area contributed by atoms with Gasteiger partial charge in [-0.2, -0.15) is 0 Å². The number of rotatable bonds is 5. The quantitative estimate of drug-likeness (QED) is 0.720. The summed E-state index contributed by atoms with van der Waals surface area (Å²) in [5.41, 5.74) is 2.39. The van der Waals surface area contributed by atoms with Crippen molar-refractivity contribution < 1.29 is 19.0 Å². The van der Waals surface area contributed by atoms with E-state index in [1.165, 1.54) is 11.8 Å². The first-order chi connectivity index (χ1) is 13.4. The highest BCUT2D eigenvalue weighted by Crippen LogP contribution is 2.39. The Morgan fingerprint density at radius 3 is 2.32 bits per heavy atom. The Labute approximate surface area is 172 Å². The van der Waals surface area contributed by atoms with Crippen molar-refractivity contribution in [1.29, 1.82) is 0 Å². The first kappa shape index (κ1) is 20.1. The maximum absolute atomic E-state index is 12.3. The van der Waals surface area contributed by atoms with Crippen LogP contribution >= 0.6 is 23.4 Å². The smallest absolute Gasteiger partial charge is 0.264 e. The number of aryl methyl sites for hydroxylation is 1. The van der Waals surface area contributed by atoms with Crippen LogP contribution in [0.15, 0.2) is 40.2 Å². The summed E-state index contributed by atoms with van der Waals surface area (Å²) in [4.78, 5) is 17.3. The lowest BCUT2D eigenvalue weighted by atomic mass is 10.1. The van der Waals surface area contributed by atoms with Gasteiger partial charge in [0, 0.05) is 5.02 Å². The molecule has 28 heavy (non-hydrogen) atoms. The van der Waals surface area contributed by atoms with Crippen LogP contribution in [0, 0.1) is 6.92 Å². The average Bonchev–Trinajstić information content (AvgIpc) is 3.02. The molecule has 6 nitrogen and oxygen atoms in total. The highest BCUT2D eigenvalue weighted by atomic mass is 35.5. The van der Waals surface area contributed by atoms with E-state index >= 15 is 0 Å². The molecule has 1 aliphatic rings. The number of carbonyl (C=O) groups excluding carboxylic acids is 1. The SMILES string of the molecule is COc1cc(/C=C2\SC(=Nc3ccc(C)c(Cl)c3)NC2=O)cc(OC)c1OC. The van der Waals surface area contributed by atoms with Gasteiger partial charge in [-0.15, -0.1) is 0 Å². The van der Waals surface area contributed by atoms with Crippen LogP contribution in [0.1, 0.15) is 11.1 Å². The third kappa shape index (κ3) is 4.26. The molecule has 146 valence electrons. The average molecular weight is 419 g/mol. The topological polar surface area (TPSA) is 69.2 Å². The first-order valence-electron chi connectivity index (χ1n) is 8.31. The van der Waals surface area contributed by atoms with Crippen LogP contribution in [0.3, 0.4) is 0 Å². The fourth-order valence-electron chi connectivity index (χ4n) is 2.59. The van der Waals surface area contributed by atoms with Crippen LogP contribution < -0.4 is 19.5 Å². The second kappa shape index (κ2) is 8.58. The fraction of sp³-hybridized carbons (Fsp3) is 0.200. The van der Waals surface area contributed by atoms with Crippen molar-refractivity contribution in [2.75, 3.05) is 21.3 Å². The third-order valence-electron chi connectivity index (χ3n) is 4.02. The van der Waals surface area contributed by atoms with Gasteiger partial charge in [-0.3, -0.25) is 4.79 Å². The van der Waals surface area contributed by atoms with Gasteiger partial charge in [-0.1, -0.05) is 17.7 Å². The number of hydrogen-bond acceptors (Lipinski definition) is 6. The highest BCUT2D eigenvalue weighted by Gasteiger charge is 2.24. The van der Waals surface area contributed by atoms with E-state index in [2.05, 4.69) is 10.3 Å². The summed E-state index contributed by atoms with van der Waals surface area (Å²) in [6, 6.07) is 9.04. The maximum Gasteiger partial charge on any atom is 0.264 e. The largest absolute Gasteiger partial charge is 0.493 e. The van der Waals surface area contributed by atoms with Crippen LogP contribution in [-0.2, 0) is 4.79 Å². The van der Waals surface area contributed by atoms with Crippen LogP contribution in [-0.4, -0.2) is 32.4 Å². The van der Waals surface area contributed by atoms with E-state index in [1.807, 2.05) is 19.1 Å². The van der Waals surface area contributed by atoms with E-state index in [1.54, 1.807) is 45.6 Å². The lowest BCUT2D eigenvalue weighted by molar-refractivity contribution is -0.115. The molecule has 0 aliphatic carbocycles. The number of ether oxygens (including phenoxy) is 3. The molecule has 1 N–H and O–H groups in total. The van der Waals surface area contributed by atoms with Crippen molar-refractivity contribution >= 4 is 46.2 Å². The molecule has 0 unspecified atom stereocenters. The first-order valence-corrected chi connectivity index (χ1v) is 9.50. The number of carbonyl (C=O) groups is 1. The number of aliphatic imine (C=N–C) groups is 1. The normalized spacial score (nSPS) is 16.4. The van der Waals surface area contributed by atoms with Gasteiger partial charge in [0.2, 0.25) is 5.75 Å². The zero-order valence-corrected chi connectivity index (χ0v) is 17.4. The number of nitrogens with one attached hydrogen (secondary N) is 1. The molecule has 0 aromatic heterocycles. The van der Waals surface area contributed by atoms with Gasteiger partial charge >= 0.3 is 0 Å². The third-order valence-corrected chi connectivity index (χ3v) is 5.34. The summed E-state index contributed by atoms with van der Waals surface area (Å²) in [5.74, 6) is 1.30. The van der Waals surface area contributed by atoms with Gasteiger partial charge in [-0.25, -0.2) is 4.99 Å². The second-order valence-corrected chi connectivity index (χ2v) is 7.31. The number of benzene rings is 2. The lowest BCUT2D eigenvalue weighted by Crippen LogP contribution is -2.19. The van der Waals surface area contributed by atoms with Gasteiger partial charge in [0.1, 0.15) is 0 Å². The number of amidine groups is 1. The number of methoxy groups -OCH3 is 3. The van der Waals surface area contributed by atoms with E-state index in [0.717, 1.165) is 11.1 Å². The molecule has 1 saturated heterocycles. The van der Waals surface area contributed by atoms with Crippen molar-refractivity contribution in [2.45, 2.75) is 6.92 Å². The minimum atomic E-state index is -0.226. The molecule has 0 radical (unpaired) electrons. The summed E-state index contributed by atoms with van der Waals surface area (Å²) >= 11 is 7.39. The fourth-order valence-corrected chi connectivity index (χ4v) is 3.60. The second-order valence-electron chi connectivity index (χ2n) is 5.87. The number of hydrogen-bond donors (Lipinski definition) is 1. The van der Waals surface area contributed by atoms with E-state index in [-0.39, 0.29) is 5.91 Å². The Hall–Kier alpha value is -2.64. The molecule has 1 aliphatic heterocycles. The zero-order chi connectivity index (χ0) is 20.3. The Kier molecular flexibility index (Phi) is 6.16. The number of nitrogens with zero attached hydrogens (tertiary/aromatic N) is 1. The zero-order valence-electron chi connectivity index (χ0n) is 15.8. The Morgan fingerprint density at radius 2 is 1.75 bits per heavy atom. The van der Waals surface area contributed by atoms with E-state index in [0.29, 0.717) is 38.0 Å². The van der Waals surface area contributed by atoms with Gasteiger partial charge in [0.15, 0.2) is 16.7 Å². The minimum Gasteiger partial charge on any atom is -0.493 e. The maximum atomic E-state index is 12.3. The molecular weight excluding hydrogens is 400 g/mol. The summed E-state index contributed by atoms with van der Waals surface area (Å²) in [6.07, 6.45) is 1.75. The number of halogens is 1. The van der Waals surface area contributed by atoms with E-state index in [4.69, 9.17) is 25.8 Å². The Balaban J connectivity index is 1.90. The van der Waals surface area contributed by atoms with Crippen LogP contribution in [0.25, 0.3) is 6.08 Å². The van der Waals surface area contributed by atoms with E-state index < -0.39 is 0 Å². The molecular formula is C20H19ClN2O4S. The summed E-state index contributed by atoms with van der Waals surface area (Å²) in [5, 5.41) is 3.88. The lowest BCUT2D eigenvalue weighted by Gasteiger charge is -2.12. The van der Waals surface area contributed by atoms with Gasteiger partial charge in [0.25, 0.3) is 5.91 Å². The highest BCUT2D eigenvalue weighted by molar-refractivity contribution is 8.18. The molecule has 2 aromatic carbocycles. The van der Waals surface area contributed by atoms with Crippen LogP contribution in [0.2, 0.25) is 5.02 Å². The molecule has 2 aromatic rings. The van der Waals surface area contributed by atoms with Crippen molar-refractivity contribution in [1.82, 2.24) is 5.32 Å². The van der Waals surface area contributed by atoms with Gasteiger partial charge < -0.3 is 19.5 Å². The molecule has 1 amide bonds. The summed E-state index contributed by atoms with van der Waals surface area (Å²) in [7, 11) is 4.63. The predicted octanol–water partition coefficient (Wildman–Crippen LogP) is 4.57. The molecule has 0 bridgehead atoms. The molecule has 0 saturated carbocycles. The number of thioether (sulfide) groups is 1. The monoisotopic (exact) mass is 418 g/mol. The van der Waals surface area contributed by atoms with Crippen molar-refractivity contribution in [3.8, 4) is 17.2 Å². The van der Waals surface area contributed by atoms with Crippen molar-refractivity contribution in [3.05, 3.63) is 51.4 Å². The van der Waals surface area contributed by atoms with Gasteiger partial charge in [-0.05, 0) is 60.2 Å². The molecule has 1 heterocycles. The van der Waals surface area contributed by atoms with Crippen molar-refractivity contribution in [3.63, 3.8) is 0 Å². The molecule has 1 fully saturated rings. The Bertz CT molecular complexity index is 963. The van der Waals surface area contributed by atoms with Crippen LogP contribution in [0.4, 0.5) is 5.69 Å². The molecule has 0 atom stereocenters. The minimum absolute atomic E-state index is 0.226. The van der Waals surface area contributed by atoms with Crippen LogP contribution in [0.5, 0.6) is 17.2 Å². The Morgan fingerprint density at radius 1 is 1.07 bits per heavy atom. The van der Waals surface area contributed by atoms with Crippen molar-refractivity contribution in [2.24, 2.45) is 4.99 Å². The van der Waals surface area contributed by atoms with Gasteiger partial charge in [0.05, 0.1) is 31.9 Å². The van der Waals surface area contributed by atoms with E-state index in [9.17, 15) is 4.79 Å². The molecule has 0 spiro atoms.